The quantitative estimate of drug-likeness (QED) is 0.121. The van der Waals surface area contributed by atoms with Gasteiger partial charge in [0.1, 0.15) is 16.8 Å². The van der Waals surface area contributed by atoms with E-state index in [2.05, 4.69) is 24.5 Å². The Balaban J connectivity index is 1.57. The lowest BCUT2D eigenvalue weighted by molar-refractivity contribution is 0.0949. The second-order valence-corrected chi connectivity index (χ2v) is 11.1. The van der Waals surface area contributed by atoms with Crippen LogP contribution in [-0.4, -0.2) is 35.3 Å². The van der Waals surface area contributed by atoms with Gasteiger partial charge in [0.2, 0.25) is 5.43 Å². The Bertz CT molecular complexity index is 1650. The molecule has 4 aromatic rings. The first kappa shape index (κ1) is 29.6. The highest BCUT2D eigenvalue weighted by atomic mass is 19.1. The number of benzene rings is 3. The fraction of sp³-hybridized carbons (Fsp3) is 0.412. The van der Waals surface area contributed by atoms with Crippen LogP contribution in [-0.2, 0) is 0 Å². The fourth-order valence-corrected chi connectivity index (χ4v) is 5.79. The van der Waals surface area contributed by atoms with Crippen LogP contribution in [0.5, 0.6) is 11.5 Å². The van der Waals surface area contributed by atoms with Gasteiger partial charge in [-0.25, -0.2) is 4.39 Å². The third kappa shape index (κ3) is 6.00. The highest BCUT2D eigenvalue weighted by Gasteiger charge is 2.29. The monoisotopic (exact) mass is 573 g/mol. The third-order valence-corrected chi connectivity index (χ3v) is 8.26. The molecule has 0 fully saturated rings. The number of hydrogen-bond donors (Lipinski definition) is 3. The van der Waals surface area contributed by atoms with E-state index in [4.69, 9.17) is 9.84 Å². The number of pyridine rings is 1. The van der Waals surface area contributed by atoms with Gasteiger partial charge in [-0.3, -0.25) is 9.59 Å². The lowest BCUT2D eigenvalue weighted by atomic mass is 9.96. The van der Waals surface area contributed by atoms with E-state index in [1.54, 1.807) is 10.8 Å². The number of carbonyl (C=O) groups excluding carboxylic acids is 1. The summed E-state index contributed by atoms with van der Waals surface area (Å²) in [6.45, 7) is 5.40. The Morgan fingerprint density at radius 3 is 2.55 bits per heavy atom. The van der Waals surface area contributed by atoms with Crippen molar-refractivity contribution in [2.75, 3.05) is 25.0 Å². The minimum Gasteiger partial charge on any atom is -0.451 e. The number of aromatic nitrogens is 1. The van der Waals surface area contributed by atoms with E-state index >= 15 is 4.39 Å². The van der Waals surface area contributed by atoms with Crippen molar-refractivity contribution in [1.82, 2.24) is 9.88 Å². The van der Waals surface area contributed by atoms with Crippen molar-refractivity contribution >= 4 is 33.3 Å². The summed E-state index contributed by atoms with van der Waals surface area (Å²) < 4.78 is 23.8. The van der Waals surface area contributed by atoms with Crippen LogP contribution in [0.25, 0.3) is 27.4 Å². The summed E-state index contributed by atoms with van der Waals surface area (Å²) in [4.78, 5) is 27.1. The summed E-state index contributed by atoms with van der Waals surface area (Å²) in [5.41, 5.74) is 0.711. The van der Waals surface area contributed by atoms with Crippen LogP contribution in [0.1, 0.15) is 75.6 Å². The van der Waals surface area contributed by atoms with E-state index in [9.17, 15) is 9.59 Å². The molecule has 1 aromatic heterocycles. The van der Waals surface area contributed by atoms with Crippen molar-refractivity contribution in [2.45, 2.75) is 65.2 Å². The molecule has 42 heavy (non-hydrogen) atoms. The van der Waals surface area contributed by atoms with E-state index < -0.39 is 17.2 Å². The number of hydrogen-bond acceptors (Lipinski definition) is 5. The van der Waals surface area contributed by atoms with Crippen molar-refractivity contribution in [3.63, 3.8) is 0 Å². The predicted octanol–water partition coefficient (Wildman–Crippen LogP) is 7.30. The molecular formula is C34H40FN3O4. The van der Waals surface area contributed by atoms with Gasteiger partial charge in [0.05, 0.1) is 11.1 Å². The van der Waals surface area contributed by atoms with E-state index in [0.717, 1.165) is 55.7 Å². The molecule has 2 heterocycles. The number of halogens is 1. The molecule has 5 rings (SSSR count). The maximum absolute atomic E-state index is 15.6. The van der Waals surface area contributed by atoms with Crippen LogP contribution < -0.4 is 20.8 Å². The normalized spacial score (nSPS) is 12.7. The second kappa shape index (κ2) is 13.4. The molecule has 222 valence electrons. The lowest BCUT2D eigenvalue weighted by Gasteiger charge is -2.26. The van der Waals surface area contributed by atoms with Gasteiger partial charge < -0.3 is 25.0 Å². The maximum Gasteiger partial charge on any atom is 0.256 e. The molecule has 0 spiro atoms. The van der Waals surface area contributed by atoms with Gasteiger partial charge in [0, 0.05) is 25.9 Å². The Morgan fingerprint density at radius 2 is 1.81 bits per heavy atom. The maximum atomic E-state index is 15.6. The first-order valence-corrected chi connectivity index (χ1v) is 15.2. The van der Waals surface area contributed by atoms with Gasteiger partial charge in [0.25, 0.3) is 5.91 Å². The number of fused-ring (bicyclic) bond motifs is 3. The Labute approximate surface area is 245 Å². The minimum absolute atomic E-state index is 0.0276. The van der Waals surface area contributed by atoms with E-state index in [-0.39, 0.29) is 29.0 Å². The number of rotatable bonds is 14. The molecule has 0 radical (unpaired) electrons. The number of aliphatic hydroxyl groups excluding tert-OH is 1. The molecule has 1 aliphatic heterocycles. The third-order valence-electron chi connectivity index (χ3n) is 8.26. The minimum atomic E-state index is -0.619. The summed E-state index contributed by atoms with van der Waals surface area (Å²) in [6, 6.07) is 12.9. The first-order chi connectivity index (χ1) is 20.5. The number of anilines is 1. The van der Waals surface area contributed by atoms with Gasteiger partial charge in [-0.2, -0.15) is 0 Å². The molecule has 0 saturated carbocycles. The van der Waals surface area contributed by atoms with E-state index in [1.807, 2.05) is 36.4 Å². The molecule has 0 saturated heterocycles. The number of carbonyl (C=O) groups is 1. The number of unbranched alkanes of at least 4 members (excludes halogenated alkanes) is 3. The number of ether oxygens (including phenoxy) is 1. The van der Waals surface area contributed by atoms with Crippen molar-refractivity contribution in [3.05, 3.63) is 70.3 Å². The molecule has 1 amide bonds. The van der Waals surface area contributed by atoms with Gasteiger partial charge >= 0.3 is 0 Å². The molecule has 0 aliphatic carbocycles. The number of amides is 1. The summed E-state index contributed by atoms with van der Waals surface area (Å²) >= 11 is 0. The average Bonchev–Trinajstić information content (AvgIpc) is 3.00. The first-order valence-electron chi connectivity index (χ1n) is 15.2. The van der Waals surface area contributed by atoms with Crippen LogP contribution in [0.2, 0.25) is 0 Å². The Hall–Kier alpha value is -3.91. The van der Waals surface area contributed by atoms with Gasteiger partial charge in [-0.05, 0) is 60.6 Å². The zero-order chi connectivity index (χ0) is 29.6. The summed E-state index contributed by atoms with van der Waals surface area (Å²) in [7, 11) is 0. The molecule has 1 atom stereocenters. The standard InChI is InChI=1S/C34H40FN3O4/c1-3-5-11-22(4-2)14-16-37-34(41)26-21-38-28-18-23-12-7-8-13-24(23)19-29(28)42-33-30(36-15-9-6-10-17-39)27(35)20-25(31(33)38)32(26)40/h7-8,12-13,18-22,36,39H,3-6,9-11,14-17H2,1-2H3,(H,37,41). The van der Waals surface area contributed by atoms with Crippen LogP contribution in [0.15, 0.2) is 53.5 Å². The van der Waals surface area contributed by atoms with Crippen LogP contribution >= 0.6 is 0 Å². The molecule has 3 aromatic carbocycles. The number of aliphatic hydroxyl groups is 1. The summed E-state index contributed by atoms with van der Waals surface area (Å²) in [6.07, 6.45) is 9.08. The van der Waals surface area contributed by atoms with Crippen molar-refractivity contribution in [1.29, 1.82) is 0 Å². The molecule has 0 bridgehead atoms. The highest BCUT2D eigenvalue weighted by molar-refractivity contribution is 6.02. The second-order valence-electron chi connectivity index (χ2n) is 11.1. The lowest BCUT2D eigenvalue weighted by Crippen LogP contribution is -2.31. The smallest absolute Gasteiger partial charge is 0.256 e. The Morgan fingerprint density at radius 1 is 1.02 bits per heavy atom. The summed E-state index contributed by atoms with van der Waals surface area (Å²) in [5.74, 6) is 0.172. The van der Waals surface area contributed by atoms with E-state index in [0.29, 0.717) is 42.4 Å². The highest BCUT2D eigenvalue weighted by Crippen LogP contribution is 2.46. The fourth-order valence-electron chi connectivity index (χ4n) is 5.79. The van der Waals surface area contributed by atoms with Gasteiger partial charge in [-0.1, -0.05) is 63.8 Å². The number of nitrogens with zero attached hydrogens (tertiary/aromatic N) is 1. The molecule has 1 unspecified atom stereocenters. The van der Waals surface area contributed by atoms with Crippen molar-refractivity contribution in [3.8, 4) is 17.2 Å². The zero-order valence-electron chi connectivity index (χ0n) is 24.5. The number of nitrogens with one attached hydrogen (secondary N) is 2. The zero-order valence-corrected chi connectivity index (χ0v) is 24.5. The predicted molar refractivity (Wildman–Crippen MR) is 167 cm³/mol. The average molecular weight is 574 g/mol. The molecule has 3 N–H and O–H groups in total. The van der Waals surface area contributed by atoms with Gasteiger partial charge in [-0.15, -0.1) is 0 Å². The SMILES string of the molecule is CCCCC(CC)CCNC(=O)c1cn2c3c(c(NCCCCCO)c(F)cc3c1=O)Oc1cc3ccccc3cc1-2. The molecule has 1 aliphatic rings. The van der Waals surface area contributed by atoms with Crippen LogP contribution in [0, 0.1) is 11.7 Å². The Kier molecular flexibility index (Phi) is 9.42. The summed E-state index contributed by atoms with van der Waals surface area (Å²) in [5, 5.41) is 17.2. The molecular weight excluding hydrogens is 533 g/mol. The van der Waals surface area contributed by atoms with Crippen molar-refractivity contribution in [2.24, 2.45) is 5.92 Å². The van der Waals surface area contributed by atoms with E-state index in [1.165, 1.54) is 6.07 Å². The van der Waals surface area contributed by atoms with Gasteiger partial charge in [0.15, 0.2) is 17.3 Å². The van der Waals surface area contributed by atoms with Crippen molar-refractivity contribution < 1.29 is 19.0 Å². The molecule has 8 heteroatoms. The molecule has 7 nitrogen and oxygen atoms in total. The van der Waals surface area contributed by atoms with Crippen LogP contribution in [0.4, 0.5) is 10.1 Å². The largest absolute Gasteiger partial charge is 0.451 e. The van der Waals surface area contributed by atoms with Crippen LogP contribution in [0.3, 0.4) is 0 Å². The topological polar surface area (TPSA) is 92.6 Å².